The van der Waals surface area contributed by atoms with Crippen molar-refractivity contribution in [1.82, 2.24) is 0 Å². The van der Waals surface area contributed by atoms with Crippen molar-refractivity contribution in [3.05, 3.63) is 0 Å². The van der Waals surface area contributed by atoms with Crippen molar-refractivity contribution in [1.29, 1.82) is 0 Å². The zero-order valence-electron chi connectivity index (χ0n) is 58.6. The van der Waals surface area contributed by atoms with Crippen LogP contribution in [-0.4, -0.2) is 96.7 Å². The third-order valence-corrected chi connectivity index (χ3v) is 18.6. The van der Waals surface area contributed by atoms with Crippen LogP contribution in [0.2, 0.25) is 0 Å². The summed E-state index contributed by atoms with van der Waals surface area (Å²) < 4.78 is 68.3. The van der Waals surface area contributed by atoms with Gasteiger partial charge in [-0.1, -0.05) is 305 Å². The first-order valence-corrected chi connectivity index (χ1v) is 39.9. The first-order valence-electron chi connectivity index (χ1n) is 36.9. The Balaban J connectivity index is 5.26. The number of esters is 4. The van der Waals surface area contributed by atoms with E-state index in [1.54, 1.807) is 0 Å². The number of phosphoric acid groups is 2. The number of carbonyl (C=O) groups excluding carboxylic acids is 4. The Bertz CT molecular complexity index is 1770. The maximum absolute atomic E-state index is 13.0. The summed E-state index contributed by atoms with van der Waals surface area (Å²) in [4.78, 5) is 72.6. The summed E-state index contributed by atoms with van der Waals surface area (Å²) in [5.41, 5.74) is 0. The maximum atomic E-state index is 13.0. The van der Waals surface area contributed by atoms with Crippen molar-refractivity contribution in [2.24, 2.45) is 17.8 Å². The van der Waals surface area contributed by atoms with Gasteiger partial charge in [0.05, 0.1) is 26.4 Å². The smallest absolute Gasteiger partial charge is 0.462 e. The molecule has 0 rings (SSSR count). The van der Waals surface area contributed by atoms with Crippen LogP contribution in [0.15, 0.2) is 0 Å². The van der Waals surface area contributed by atoms with Gasteiger partial charge in [0, 0.05) is 25.7 Å². The summed E-state index contributed by atoms with van der Waals surface area (Å²) in [5, 5.41) is 10.6. The van der Waals surface area contributed by atoms with Crippen LogP contribution in [0.4, 0.5) is 0 Å². The summed E-state index contributed by atoms with van der Waals surface area (Å²) in [5.74, 6) is 0.142. The predicted molar refractivity (Wildman–Crippen MR) is 363 cm³/mol. The van der Waals surface area contributed by atoms with Crippen molar-refractivity contribution in [3.63, 3.8) is 0 Å². The van der Waals surface area contributed by atoms with E-state index in [2.05, 4.69) is 48.5 Å². The molecule has 0 fully saturated rings. The second kappa shape index (κ2) is 61.9. The molecule has 534 valence electrons. The number of unbranched alkanes of at least 4 members (excludes halogenated alkanes) is 36. The van der Waals surface area contributed by atoms with Gasteiger partial charge >= 0.3 is 39.5 Å². The number of ether oxygens (including phenoxy) is 4. The third-order valence-electron chi connectivity index (χ3n) is 16.7. The molecule has 3 unspecified atom stereocenters. The zero-order valence-corrected chi connectivity index (χ0v) is 60.4. The molecule has 19 heteroatoms. The van der Waals surface area contributed by atoms with Crippen molar-refractivity contribution in [2.75, 3.05) is 39.6 Å². The molecule has 0 spiro atoms. The number of aliphatic hydroxyl groups excluding tert-OH is 1. The molecule has 0 aromatic rings. The highest BCUT2D eigenvalue weighted by atomic mass is 31.2. The highest BCUT2D eigenvalue weighted by molar-refractivity contribution is 7.47. The summed E-state index contributed by atoms with van der Waals surface area (Å²) in [6.07, 6.45) is 45.7. The SMILES string of the molecule is CCCCCCCCCCCCCCCC(=O)O[C@H](COC(=O)CCCCCCCCCC(C)C)COP(=O)(O)OC[C@H](O)COP(=O)(O)OC[C@@H](COC(=O)CCCCCCCCCCCCC(C)C)OC(=O)CCCCCCCCCCCCC(C)CC. The second-order valence-corrected chi connectivity index (χ2v) is 29.7. The molecule has 0 aliphatic carbocycles. The average Bonchev–Trinajstić information content (AvgIpc) is 2.86. The van der Waals surface area contributed by atoms with Crippen LogP contribution < -0.4 is 0 Å². The van der Waals surface area contributed by atoms with Gasteiger partial charge in [0.15, 0.2) is 12.2 Å². The molecule has 0 aromatic carbocycles. The van der Waals surface area contributed by atoms with E-state index in [0.717, 1.165) is 108 Å². The van der Waals surface area contributed by atoms with Gasteiger partial charge < -0.3 is 33.8 Å². The number of hydrogen-bond donors (Lipinski definition) is 3. The second-order valence-electron chi connectivity index (χ2n) is 26.8. The lowest BCUT2D eigenvalue weighted by Crippen LogP contribution is -2.30. The van der Waals surface area contributed by atoms with Crippen molar-refractivity contribution < 1.29 is 80.2 Å². The van der Waals surface area contributed by atoms with E-state index in [1.165, 1.54) is 161 Å². The van der Waals surface area contributed by atoms with Crippen molar-refractivity contribution in [3.8, 4) is 0 Å². The number of hydrogen-bond acceptors (Lipinski definition) is 15. The number of rotatable bonds is 69. The lowest BCUT2D eigenvalue weighted by molar-refractivity contribution is -0.161. The molecule has 17 nitrogen and oxygen atoms in total. The fraction of sp³-hybridized carbons (Fsp3) is 0.944. The van der Waals surface area contributed by atoms with Gasteiger partial charge in [0.1, 0.15) is 19.3 Å². The van der Waals surface area contributed by atoms with Crippen LogP contribution in [-0.2, 0) is 65.4 Å². The minimum absolute atomic E-state index is 0.106. The van der Waals surface area contributed by atoms with E-state index in [4.69, 9.17) is 37.0 Å². The maximum Gasteiger partial charge on any atom is 0.472 e. The minimum Gasteiger partial charge on any atom is -0.462 e. The molecule has 3 N–H and O–H groups in total. The molecule has 0 bridgehead atoms. The normalized spacial score (nSPS) is 14.5. The van der Waals surface area contributed by atoms with Crippen molar-refractivity contribution >= 4 is 39.5 Å². The Hall–Kier alpha value is -1.94. The lowest BCUT2D eigenvalue weighted by atomic mass is 9.99. The Morgan fingerprint density at radius 2 is 0.567 bits per heavy atom. The highest BCUT2D eigenvalue weighted by Crippen LogP contribution is 2.45. The Morgan fingerprint density at radius 3 is 0.844 bits per heavy atom. The molecular weight excluding hydrogens is 1190 g/mol. The van der Waals surface area contributed by atoms with Gasteiger partial charge in [0.25, 0.3) is 0 Å². The first kappa shape index (κ1) is 88.1. The van der Waals surface area contributed by atoms with E-state index in [0.29, 0.717) is 31.6 Å². The van der Waals surface area contributed by atoms with Crippen LogP contribution in [0, 0.1) is 17.8 Å². The van der Waals surface area contributed by atoms with Gasteiger partial charge in [-0.15, -0.1) is 0 Å². The minimum atomic E-state index is -4.95. The van der Waals surface area contributed by atoms with E-state index in [-0.39, 0.29) is 25.7 Å². The van der Waals surface area contributed by atoms with Gasteiger partial charge in [-0.3, -0.25) is 37.3 Å². The Morgan fingerprint density at radius 1 is 0.322 bits per heavy atom. The van der Waals surface area contributed by atoms with Crippen LogP contribution in [0.25, 0.3) is 0 Å². The van der Waals surface area contributed by atoms with Gasteiger partial charge in [-0.25, -0.2) is 9.13 Å². The largest absolute Gasteiger partial charge is 0.472 e. The Labute approximate surface area is 549 Å². The molecule has 6 atom stereocenters. The van der Waals surface area contributed by atoms with Crippen LogP contribution in [0.3, 0.4) is 0 Å². The molecular formula is C71H138O17P2. The molecule has 0 amide bonds. The molecule has 0 aliphatic rings. The first-order chi connectivity index (χ1) is 43.3. The number of phosphoric ester groups is 2. The fourth-order valence-corrected chi connectivity index (χ4v) is 12.3. The van der Waals surface area contributed by atoms with E-state index in [9.17, 15) is 43.2 Å². The summed E-state index contributed by atoms with van der Waals surface area (Å²) >= 11 is 0. The van der Waals surface area contributed by atoms with Gasteiger partial charge in [-0.2, -0.15) is 0 Å². The number of aliphatic hydroxyl groups is 1. The summed E-state index contributed by atoms with van der Waals surface area (Å²) in [6.45, 7) is 11.8. The monoisotopic (exact) mass is 1320 g/mol. The Kier molecular flexibility index (Phi) is 60.6. The summed E-state index contributed by atoms with van der Waals surface area (Å²) in [6, 6.07) is 0. The fourth-order valence-electron chi connectivity index (χ4n) is 10.7. The van der Waals surface area contributed by atoms with Crippen LogP contribution in [0.1, 0.15) is 357 Å². The van der Waals surface area contributed by atoms with E-state index in [1.807, 2.05) is 0 Å². The topological polar surface area (TPSA) is 237 Å². The van der Waals surface area contributed by atoms with Crippen LogP contribution >= 0.6 is 15.6 Å². The third kappa shape index (κ3) is 63.5. The number of carbonyl (C=O) groups is 4. The molecule has 0 saturated carbocycles. The molecule has 0 aliphatic heterocycles. The quantitative estimate of drug-likeness (QED) is 0.0222. The lowest BCUT2D eigenvalue weighted by Gasteiger charge is -2.21. The average molecular weight is 1330 g/mol. The standard InChI is InChI=1S/C71H138O17P2/c1-8-10-11-12-13-14-15-16-17-25-32-40-47-54-70(75)88-67(59-82-69(74)53-46-39-34-27-29-36-43-50-63(5)6)61-86-90(79,80)84-57-65(72)56-83-89(77,78)85-60-66(58-81-68(73)52-45-38-31-24-20-18-22-28-35-42-49-62(3)4)87-71(76)55-48-41-33-26-21-19-23-30-37-44-51-64(7)9-2/h62-67,72H,8-61H2,1-7H3,(H,77,78)(H,79,80)/t64?,65-,66-,67-/m1/s1. The van der Waals surface area contributed by atoms with Gasteiger partial charge in [0.2, 0.25) is 0 Å². The summed E-state index contributed by atoms with van der Waals surface area (Å²) in [7, 11) is -9.90. The highest BCUT2D eigenvalue weighted by Gasteiger charge is 2.30. The molecule has 0 heterocycles. The van der Waals surface area contributed by atoms with Gasteiger partial charge in [-0.05, 0) is 43.4 Å². The van der Waals surface area contributed by atoms with E-state index >= 15 is 0 Å². The predicted octanol–water partition coefficient (Wildman–Crippen LogP) is 20.2. The molecule has 0 aromatic heterocycles. The van der Waals surface area contributed by atoms with Crippen LogP contribution in [0.5, 0.6) is 0 Å². The molecule has 0 saturated heterocycles. The zero-order chi connectivity index (χ0) is 66.6. The molecule has 0 radical (unpaired) electrons. The van der Waals surface area contributed by atoms with E-state index < -0.39 is 97.5 Å². The van der Waals surface area contributed by atoms with Crippen molar-refractivity contribution in [2.45, 2.75) is 375 Å². The molecule has 90 heavy (non-hydrogen) atoms.